The minimum atomic E-state index is -0.0587. The number of likely N-dealkylation sites (N-methyl/N-ethyl adjacent to an activating group) is 1. The molecule has 0 aliphatic carbocycles. The average Bonchev–Trinajstić information content (AvgIpc) is 3.28. The highest BCUT2D eigenvalue weighted by atomic mass is 32.1. The predicted octanol–water partition coefficient (Wildman–Crippen LogP) is 3.77. The Balaban J connectivity index is 1.20. The maximum absolute atomic E-state index is 12.7. The van der Waals surface area contributed by atoms with Crippen LogP contribution in [0.1, 0.15) is 27.7 Å². The first-order valence-electron chi connectivity index (χ1n) is 10.8. The molecule has 31 heavy (non-hydrogen) atoms. The minimum Gasteiger partial charge on any atom is -0.488 e. The Morgan fingerprint density at radius 1 is 1.16 bits per heavy atom. The lowest BCUT2D eigenvalue weighted by molar-refractivity contribution is 0.0955. The van der Waals surface area contributed by atoms with Crippen LogP contribution in [0.25, 0.3) is 10.4 Å². The van der Waals surface area contributed by atoms with E-state index in [0.29, 0.717) is 18.0 Å². The number of piperazine rings is 1. The van der Waals surface area contributed by atoms with Crippen LogP contribution in [0, 0.1) is 0 Å². The number of hydrogen-bond donors (Lipinski definition) is 1. The molecular formula is C24H26N4O2S. The van der Waals surface area contributed by atoms with Crippen molar-refractivity contribution < 1.29 is 9.53 Å². The summed E-state index contributed by atoms with van der Waals surface area (Å²) in [4.78, 5) is 24.0. The second-order valence-electron chi connectivity index (χ2n) is 7.88. The molecule has 1 fully saturated rings. The number of carbonyl (C=O) groups excluding carboxylic acids is 1. The number of para-hydroxylation sites is 1. The molecule has 4 heterocycles. The lowest BCUT2D eigenvalue weighted by atomic mass is 10.1. The number of ether oxygens (including phenoxy) is 1. The van der Waals surface area contributed by atoms with Gasteiger partial charge in [-0.15, -0.1) is 11.3 Å². The molecule has 160 valence electrons. The number of thiophene rings is 1. The van der Waals surface area contributed by atoms with Crippen molar-refractivity contribution in [1.82, 2.24) is 15.2 Å². The van der Waals surface area contributed by atoms with Crippen LogP contribution in [0.15, 0.2) is 48.7 Å². The first-order chi connectivity index (χ1) is 15.2. The number of rotatable bonds is 5. The number of carbonyl (C=O) groups is 1. The van der Waals surface area contributed by atoms with Crippen molar-refractivity contribution in [2.24, 2.45) is 0 Å². The molecule has 0 bridgehead atoms. The molecule has 6 nitrogen and oxygen atoms in total. The van der Waals surface area contributed by atoms with Gasteiger partial charge >= 0.3 is 0 Å². The number of amides is 1. The zero-order valence-electron chi connectivity index (χ0n) is 17.6. The number of nitrogens with zero attached hydrogens (tertiary/aromatic N) is 3. The van der Waals surface area contributed by atoms with Crippen molar-refractivity contribution in [3.63, 3.8) is 0 Å². The van der Waals surface area contributed by atoms with Crippen molar-refractivity contribution in [1.29, 1.82) is 0 Å². The van der Waals surface area contributed by atoms with Crippen LogP contribution in [0.3, 0.4) is 0 Å². The highest BCUT2D eigenvalue weighted by molar-refractivity contribution is 7.17. The van der Waals surface area contributed by atoms with Gasteiger partial charge in [0.2, 0.25) is 0 Å². The van der Waals surface area contributed by atoms with E-state index in [1.165, 1.54) is 11.3 Å². The fraction of sp³-hybridized carbons (Fsp3) is 0.333. The van der Waals surface area contributed by atoms with Gasteiger partial charge in [0.25, 0.3) is 5.91 Å². The van der Waals surface area contributed by atoms with Crippen molar-refractivity contribution in [3.8, 4) is 16.2 Å². The predicted molar refractivity (Wildman–Crippen MR) is 124 cm³/mol. The number of aromatic nitrogens is 1. The van der Waals surface area contributed by atoms with Crippen LogP contribution in [-0.2, 0) is 13.2 Å². The van der Waals surface area contributed by atoms with E-state index in [1.54, 1.807) is 0 Å². The Bertz CT molecular complexity index is 1070. The largest absolute Gasteiger partial charge is 0.488 e. The normalized spacial score (nSPS) is 15.7. The Labute approximate surface area is 186 Å². The first-order valence-corrected chi connectivity index (χ1v) is 11.6. The van der Waals surface area contributed by atoms with E-state index in [4.69, 9.17) is 4.74 Å². The molecule has 3 aromatic rings. The second kappa shape index (κ2) is 8.69. The van der Waals surface area contributed by atoms with E-state index in [-0.39, 0.29) is 5.91 Å². The lowest BCUT2D eigenvalue weighted by Gasteiger charge is -2.34. The summed E-state index contributed by atoms with van der Waals surface area (Å²) in [6, 6.07) is 14.0. The van der Waals surface area contributed by atoms with Gasteiger partial charge in [0, 0.05) is 54.9 Å². The lowest BCUT2D eigenvalue weighted by Crippen LogP contribution is -2.46. The molecule has 2 aliphatic rings. The summed E-state index contributed by atoms with van der Waals surface area (Å²) in [7, 11) is 0. The molecular weight excluding hydrogens is 408 g/mol. The van der Waals surface area contributed by atoms with Crippen molar-refractivity contribution >= 4 is 23.1 Å². The summed E-state index contributed by atoms with van der Waals surface area (Å²) in [5, 5.41) is 3.03. The third kappa shape index (κ3) is 4.16. The minimum absolute atomic E-state index is 0.0587. The maximum atomic E-state index is 12.7. The molecule has 7 heteroatoms. The average molecular weight is 435 g/mol. The summed E-state index contributed by atoms with van der Waals surface area (Å²) >= 11 is 1.53. The molecule has 0 saturated carbocycles. The third-order valence-electron chi connectivity index (χ3n) is 5.95. The van der Waals surface area contributed by atoms with Gasteiger partial charge in [0.15, 0.2) is 0 Å². The Morgan fingerprint density at radius 2 is 2.00 bits per heavy atom. The van der Waals surface area contributed by atoms with Crippen molar-refractivity contribution in [2.75, 3.05) is 37.6 Å². The summed E-state index contributed by atoms with van der Waals surface area (Å²) in [5.74, 6) is 1.83. The van der Waals surface area contributed by atoms with Crippen LogP contribution >= 0.6 is 11.3 Å². The molecule has 1 saturated heterocycles. The molecule has 2 aliphatic heterocycles. The van der Waals surface area contributed by atoms with E-state index in [2.05, 4.69) is 39.2 Å². The molecule has 0 atom stereocenters. The van der Waals surface area contributed by atoms with E-state index < -0.39 is 0 Å². The smallest absolute Gasteiger partial charge is 0.261 e. The van der Waals surface area contributed by atoms with E-state index >= 15 is 0 Å². The first kappa shape index (κ1) is 20.0. The monoisotopic (exact) mass is 434 g/mol. The van der Waals surface area contributed by atoms with Gasteiger partial charge in [0.1, 0.15) is 18.2 Å². The van der Waals surface area contributed by atoms with Gasteiger partial charge in [-0.05, 0) is 36.4 Å². The van der Waals surface area contributed by atoms with Gasteiger partial charge in [-0.3, -0.25) is 4.79 Å². The molecule has 5 rings (SSSR count). The van der Waals surface area contributed by atoms with Crippen LogP contribution in [-0.4, -0.2) is 48.5 Å². The number of hydrogen-bond acceptors (Lipinski definition) is 6. The Hall–Kier alpha value is -2.90. The van der Waals surface area contributed by atoms with Crippen LogP contribution in [0.5, 0.6) is 5.75 Å². The fourth-order valence-electron chi connectivity index (χ4n) is 4.08. The second-order valence-corrected chi connectivity index (χ2v) is 8.93. The van der Waals surface area contributed by atoms with Crippen LogP contribution < -0.4 is 15.0 Å². The number of nitrogens with one attached hydrogen (secondary N) is 1. The Kier molecular flexibility index (Phi) is 5.61. The van der Waals surface area contributed by atoms with E-state index in [0.717, 1.165) is 65.9 Å². The molecule has 0 unspecified atom stereocenters. The molecule has 0 radical (unpaired) electrons. The molecule has 1 aromatic carbocycles. The van der Waals surface area contributed by atoms with Crippen LogP contribution in [0.2, 0.25) is 0 Å². The summed E-state index contributed by atoms with van der Waals surface area (Å²) in [6.45, 7) is 8.45. The van der Waals surface area contributed by atoms with Gasteiger partial charge in [-0.2, -0.15) is 0 Å². The number of fused-ring (bicyclic) bond motifs is 3. The topological polar surface area (TPSA) is 57.7 Å². The zero-order chi connectivity index (χ0) is 21.2. The van der Waals surface area contributed by atoms with Crippen LogP contribution in [0.4, 0.5) is 5.82 Å². The summed E-state index contributed by atoms with van der Waals surface area (Å²) in [6.07, 6.45) is 1.87. The van der Waals surface area contributed by atoms with Crippen molar-refractivity contribution in [2.45, 2.75) is 20.1 Å². The van der Waals surface area contributed by atoms with Gasteiger partial charge in [-0.1, -0.05) is 25.1 Å². The quantitative estimate of drug-likeness (QED) is 0.662. The number of benzene rings is 1. The third-order valence-corrected chi connectivity index (χ3v) is 7.16. The van der Waals surface area contributed by atoms with Crippen molar-refractivity contribution in [3.05, 3.63) is 64.7 Å². The van der Waals surface area contributed by atoms with E-state index in [1.807, 2.05) is 36.5 Å². The molecule has 1 amide bonds. The highest BCUT2D eigenvalue weighted by Gasteiger charge is 2.22. The number of pyridine rings is 1. The molecule has 0 spiro atoms. The maximum Gasteiger partial charge on any atom is 0.261 e. The van der Waals surface area contributed by atoms with Gasteiger partial charge in [-0.25, -0.2) is 4.98 Å². The summed E-state index contributed by atoms with van der Waals surface area (Å²) in [5.41, 5.74) is 3.13. The summed E-state index contributed by atoms with van der Waals surface area (Å²) < 4.78 is 5.81. The fourth-order valence-corrected chi connectivity index (χ4v) is 5.20. The van der Waals surface area contributed by atoms with E-state index in [9.17, 15) is 4.79 Å². The zero-order valence-corrected chi connectivity index (χ0v) is 18.5. The number of anilines is 1. The molecule has 2 aromatic heterocycles. The van der Waals surface area contributed by atoms with Gasteiger partial charge in [0.05, 0.1) is 4.88 Å². The standard InChI is InChI=1S/C24H26N4O2S/c1-2-27-9-11-28(12-10-27)22-8-7-17(14-25-22)15-26-24(29)21-13-18-16-30-20-6-4-3-5-19(20)23(18)31-21/h3-8,13-14H,2,9-12,15-16H2,1H3,(H,26,29). The SMILES string of the molecule is CCN1CCN(c2ccc(CNC(=O)c3cc4c(s3)-c3ccccc3OC4)cn2)CC1. The van der Waals surface area contributed by atoms with Gasteiger partial charge < -0.3 is 19.9 Å². The molecule has 1 N–H and O–H groups in total. The highest BCUT2D eigenvalue weighted by Crippen LogP contribution is 2.42. The Morgan fingerprint density at radius 3 is 2.77 bits per heavy atom.